The van der Waals surface area contributed by atoms with E-state index in [2.05, 4.69) is 64.9 Å². The lowest BCUT2D eigenvalue weighted by molar-refractivity contribution is 0.0329. The van der Waals surface area contributed by atoms with Crippen LogP contribution >= 0.6 is 11.6 Å². The molecular weight excluding hydrogens is 338 g/mol. The molecule has 3 rings (SSSR count). The summed E-state index contributed by atoms with van der Waals surface area (Å²) in [4.78, 5) is 5.32. The largest absolute Gasteiger partial charge is 0.298 e. The molecule has 25 heavy (non-hydrogen) atoms. The summed E-state index contributed by atoms with van der Waals surface area (Å²) in [5.74, 6) is 0.356. The van der Waals surface area contributed by atoms with Crippen LogP contribution in [0.15, 0.2) is 24.3 Å². The molecule has 2 saturated heterocycles. The van der Waals surface area contributed by atoms with Crippen LogP contribution in [0.3, 0.4) is 0 Å². The molecule has 2 aliphatic heterocycles. The monoisotopic (exact) mass is 367 g/mol. The van der Waals surface area contributed by atoms with Crippen molar-refractivity contribution < 1.29 is 4.84 Å². The maximum Gasteiger partial charge on any atom is 0.150 e. The zero-order valence-electron chi connectivity index (χ0n) is 15.2. The van der Waals surface area contributed by atoms with Crippen LogP contribution in [-0.4, -0.2) is 24.1 Å². The SMILES string of the molecule is CCC(C)C1(Cl)NCCC(NCc2ccc(C3NOC(C)N3)cc2)N1. The molecule has 2 fully saturated rings. The lowest BCUT2D eigenvalue weighted by Gasteiger charge is -2.42. The third-order valence-corrected chi connectivity index (χ3v) is 5.74. The summed E-state index contributed by atoms with van der Waals surface area (Å²) in [6, 6.07) is 8.56. The smallest absolute Gasteiger partial charge is 0.150 e. The Balaban J connectivity index is 1.51. The Morgan fingerprint density at radius 2 is 2.12 bits per heavy atom. The first-order valence-electron chi connectivity index (χ1n) is 9.21. The van der Waals surface area contributed by atoms with Gasteiger partial charge >= 0.3 is 0 Å². The second kappa shape index (κ2) is 8.31. The van der Waals surface area contributed by atoms with Crippen molar-refractivity contribution in [3.05, 3.63) is 35.4 Å². The Kier molecular flexibility index (Phi) is 6.33. The van der Waals surface area contributed by atoms with Gasteiger partial charge in [0.1, 0.15) is 17.5 Å². The van der Waals surface area contributed by atoms with E-state index in [9.17, 15) is 0 Å². The third-order valence-electron chi connectivity index (χ3n) is 5.12. The number of halogens is 1. The van der Waals surface area contributed by atoms with Gasteiger partial charge in [-0.15, -0.1) is 0 Å². The lowest BCUT2D eigenvalue weighted by Crippen LogP contribution is -2.67. The van der Waals surface area contributed by atoms with E-state index in [1.165, 1.54) is 11.1 Å². The van der Waals surface area contributed by atoms with E-state index in [1.54, 1.807) is 0 Å². The van der Waals surface area contributed by atoms with Crippen molar-refractivity contribution in [1.29, 1.82) is 0 Å². The average molecular weight is 368 g/mol. The fourth-order valence-corrected chi connectivity index (χ4v) is 3.61. The first kappa shape index (κ1) is 19.0. The maximum absolute atomic E-state index is 6.72. The fourth-order valence-electron chi connectivity index (χ4n) is 3.23. The van der Waals surface area contributed by atoms with Crippen molar-refractivity contribution in [2.75, 3.05) is 6.54 Å². The Labute approximate surface area is 155 Å². The molecule has 0 bridgehead atoms. The molecule has 7 heteroatoms. The number of hydrogen-bond acceptors (Lipinski definition) is 6. The highest BCUT2D eigenvalue weighted by Crippen LogP contribution is 2.25. The molecule has 0 spiro atoms. The fraction of sp³-hybridized carbons (Fsp3) is 0.667. The van der Waals surface area contributed by atoms with Gasteiger partial charge in [0.15, 0.2) is 0 Å². The lowest BCUT2D eigenvalue weighted by atomic mass is 10.0. The maximum atomic E-state index is 6.72. The molecule has 6 nitrogen and oxygen atoms in total. The van der Waals surface area contributed by atoms with Crippen LogP contribution in [-0.2, 0) is 11.4 Å². The van der Waals surface area contributed by atoms with E-state index in [1.807, 2.05) is 6.92 Å². The van der Waals surface area contributed by atoms with Crippen molar-refractivity contribution >= 4 is 11.6 Å². The summed E-state index contributed by atoms with van der Waals surface area (Å²) in [7, 11) is 0. The Morgan fingerprint density at radius 3 is 2.76 bits per heavy atom. The second-order valence-electron chi connectivity index (χ2n) is 7.03. The minimum absolute atomic E-state index is 0.0265. The van der Waals surface area contributed by atoms with Crippen LogP contribution in [0.2, 0.25) is 0 Å². The first-order chi connectivity index (χ1) is 12.0. The average Bonchev–Trinajstić information content (AvgIpc) is 3.06. The molecule has 2 heterocycles. The van der Waals surface area contributed by atoms with E-state index in [4.69, 9.17) is 16.4 Å². The topological polar surface area (TPSA) is 69.4 Å². The number of benzene rings is 1. The number of hydrogen-bond donors (Lipinski definition) is 5. The minimum atomic E-state index is -0.523. The van der Waals surface area contributed by atoms with Crippen molar-refractivity contribution in [2.45, 2.75) is 63.8 Å². The van der Waals surface area contributed by atoms with Gasteiger partial charge in [-0.25, -0.2) is 0 Å². The van der Waals surface area contributed by atoms with Gasteiger partial charge in [-0.3, -0.25) is 26.1 Å². The van der Waals surface area contributed by atoms with Gasteiger partial charge in [-0.05, 0) is 30.9 Å². The van der Waals surface area contributed by atoms with Gasteiger partial charge in [0.05, 0.1) is 6.17 Å². The molecule has 140 valence electrons. The van der Waals surface area contributed by atoms with Crippen LogP contribution in [0.5, 0.6) is 0 Å². The summed E-state index contributed by atoms with van der Waals surface area (Å²) in [6.07, 6.45) is 2.33. The molecule has 1 aromatic rings. The zero-order valence-corrected chi connectivity index (χ0v) is 16.0. The predicted octanol–water partition coefficient (Wildman–Crippen LogP) is 2.09. The van der Waals surface area contributed by atoms with Crippen molar-refractivity contribution in [1.82, 2.24) is 26.7 Å². The zero-order chi connectivity index (χ0) is 17.9. The quantitative estimate of drug-likeness (QED) is 0.392. The summed E-state index contributed by atoms with van der Waals surface area (Å²) in [6.45, 7) is 8.03. The highest BCUT2D eigenvalue weighted by molar-refractivity contribution is 6.23. The summed E-state index contributed by atoms with van der Waals surface area (Å²) < 4.78 is 0. The number of nitrogens with one attached hydrogen (secondary N) is 5. The number of hydroxylamine groups is 1. The van der Waals surface area contributed by atoms with E-state index >= 15 is 0 Å². The van der Waals surface area contributed by atoms with Gasteiger partial charge in [0.2, 0.25) is 0 Å². The van der Waals surface area contributed by atoms with Gasteiger partial charge in [-0.1, -0.05) is 49.7 Å². The Bertz CT molecular complexity index is 557. The molecule has 0 radical (unpaired) electrons. The predicted molar refractivity (Wildman–Crippen MR) is 100 cm³/mol. The Morgan fingerprint density at radius 1 is 1.36 bits per heavy atom. The van der Waals surface area contributed by atoms with E-state index in [0.29, 0.717) is 5.92 Å². The molecule has 5 N–H and O–H groups in total. The van der Waals surface area contributed by atoms with Crippen LogP contribution in [0.4, 0.5) is 0 Å². The summed E-state index contributed by atoms with van der Waals surface area (Å²) in [5, 5.41) is 13.3. The molecule has 0 amide bonds. The number of alkyl halides is 1. The van der Waals surface area contributed by atoms with Gasteiger partial charge < -0.3 is 0 Å². The Hall–Kier alpha value is -0.730. The molecule has 0 aromatic heterocycles. The van der Waals surface area contributed by atoms with E-state index in [0.717, 1.165) is 25.9 Å². The standard InChI is InChI=1S/C18H30ClN5O/c1-4-12(2)18(19)21-10-9-16(23-18)20-11-14-5-7-15(8-6-14)17-22-13(3)25-24-17/h5-8,12-13,16-17,20-24H,4,9-11H2,1-3H3. The number of rotatable bonds is 6. The van der Waals surface area contributed by atoms with Crippen LogP contribution in [0, 0.1) is 5.92 Å². The van der Waals surface area contributed by atoms with Crippen molar-refractivity contribution in [3.63, 3.8) is 0 Å². The minimum Gasteiger partial charge on any atom is -0.298 e. The van der Waals surface area contributed by atoms with Crippen molar-refractivity contribution in [2.24, 2.45) is 5.92 Å². The first-order valence-corrected chi connectivity index (χ1v) is 9.59. The highest BCUT2D eigenvalue weighted by Gasteiger charge is 2.37. The normalized spacial score (nSPS) is 34.2. The van der Waals surface area contributed by atoms with E-state index in [-0.39, 0.29) is 18.6 Å². The molecule has 5 atom stereocenters. The summed E-state index contributed by atoms with van der Waals surface area (Å²) >= 11 is 6.72. The second-order valence-corrected chi connectivity index (χ2v) is 7.63. The molecule has 1 aromatic carbocycles. The molecular formula is C18H30ClN5O. The van der Waals surface area contributed by atoms with Gasteiger partial charge in [0, 0.05) is 19.0 Å². The molecule has 5 unspecified atom stereocenters. The van der Waals surface area contributed by atoms with Gasteiger partial charge in [0.25, 0.3) is 0 Å². The van der Waals surface area contributed by atoms with Crippen LogP contribution in [0.25, 0.3) is 0 Å². The molecule has 0 saturated carbocycles. The molecule has 2 aliphatic rings. The summed E-state index contributed by atoms with van der Waals surface area (Å²) in [5.41, 5.74) is 5.41. The third kappa shape index (κ3) is 4.71. The molecule has 0 aliphatic carbocycles. The van der Waals surface area contributed by atoms with Gasteiger partial charge in [-0.2, -0.15) is 5.48 Å². The van der Waals surface area contributed by atoms with Crippen LogP contribution < -0.4 is 26.7 Å². The van der Waals surface area contributed by atoms with E-state index < -0.39 is 5.12 Å². The van der Waals surface area contributed by atoms with Crippen molar-refractivity contribution in [3.8, 4) is 0 Å². The highest BCUT2D eigenvalue weighted by atomic mass is 35.5. The van der Waals surface area contributed by atoms with Crippen LogP contribution in [0.1, 0.15) is 50.9 Å².